The molecule has 0 radical (unpaired) electrons. The lowest BCUT2D eigenvalue weighted by Crippen LogP contribution is -2.29. The molecule has 1 aromatic heterocycles. The predicted molar refractivity (Wildman–Crippen MR) is 104 cm³/mol. The van der Waals surface area contributed by atoms with Crippen molar-refractivity contribution in [3.8, 4) is 17.2 Å². The average molecular weight is 363 g/mol. The van der Waals surface area contributed by atoms with E-state index in [0.717, 1.165) is 24.5 Å². The van der Waals surface area contributed by atoms with Crippen LogP contribution in [0.1, 0.15) is 16.1 Å². The summed E-state index contributed by atoms with van der Waals surface area (Å²) in [6.07, 6.45) is 1.97. The lowest BCUT2D eigenvalue weighted by molar-refractivity contribution is 0.102. The Labute approximate surface area is 157 Å². The SMILES string of the molecule is COc1ccccc1Oc1ccc(NC(=O)c2ccn3c2CNCC3)cc1. The second-order valence-electron chi connectivity index (χ2n) is 6.28. The molecule has 1 aliphatic heterocycles. The highest BCUT2D eigenvalue weighted by molar-refractivity contribution is 6.05. The maximum atomic E-state index is 12.6. The first-order valence-electron chi connectivity index (χ1n) is 8.85. The highest BCUT2D eigenvalue weighted by atomic mass is 16.5. The van der Waals surface area contributed by atoms with E-state index in [-0.39, 0.29) is 5.91 Å². The van der Waals surface area contributed by atoms with Gasteiger partial charge in [0.05, 0.1) is 12.7 Å². The zero-order chi connectivity index (χ0) is 18.6. The first-order chi connectivity index (χ1) is 13.2. The standard InChI is InChI=1S/C21H21N3O3/c1-26-19-4-2-3-5-20(19)27-16-8-6-15(7-9-16)23-21(25)17-10-12-24-13-11-22-14-18(17)24/h2-10,12,22H,11,13-14H2,1H3,(H,23,25). The van der Waals surface area contributed by atoms with Crippen LogP contribution in [-0.2, 0) is 13.1 Å². The fourth-order valence-corrected chi connectivity index (χ4v) is 3.16. The Kier molecular flexibility index (Phi) is 4.80. The maximum absolute atomic E-state index is 12.6. The number of methoxy groups -OCH3 is 1. The number of nitrogens with one attached hydrogen (secondary N) is 2. The van der Waals surface area contributed by atoms with E-state index in [9.17, 15) is 4.79 Å². The van der Waals surface area contributed by atoms with Gasteiger partial charge in [-0.3, -0.25) is 4.79 Å². The summed E-state index contributed by atoms with van der Waals surface area (Å²) >= 11 is 0. The predicted octanol–water partition coefficient (Wildman–Crippen LogP) is 3.64. The normalized spacial score (nSPS) is 12.9. The molecule has 0 atom stereocenters. The van der Waals surface area contributed by atoms with Crippen LogP contribution < -0.4 is 20.1 Å². The number of hydrogen-bond acceptors (Lipinski definition) is 4. The number of para-hydroxylation sites is 2. The van der Waals surface area contributed by atoms with Crippen LogP contribution in [0.4, 0.5) is 5.69 Å². The molecular formula is C21H21N3O3. The molecule has 0 spiro atoms. The Morgan fingerprint density at radius 2 is 1.85 bits per heavy atom. The second-order valence-corrected chi connectivity index (χ2v) is 6.28. The van der Waals surface area contributed by atoms with Gasteiger partial charge in [0.1, 0.15) is 5.75 Å². The molecule has 6 nitrogen and oxygen atoms in total. The summed E-state index contributed by atoms with van der Waals surface area (Å²) in [6, 6.07) is 16.6. The molecule has 4 rings (SSSR count). The molecule has 2 aromatic carbocycles. The maximum Gasteiger partial charge on any atom is 0.257 e. The van der Waals surface area contributed by atoms with Gasteiger partial charge in [0.2, 0.25) is 0 Å². The van der Waals surface area contributed by atoms with Crippen LogP contribution in [0.25, 0.3) is 0 Å². The molecule has 138 valence electrons. The van der Waals surface area contributed by atoms with Gasteiger partial charge in [-0.2, -0.15) is 0 Å². The van der Waals surface area contributed by atoms with E-state index < -0.39 is 0 Å². The lowest BCUT2D eigenvalue weighted by atomic mass is 10.2. The van der Waals surface area contributed by atoms with Crippen LogP contribution >= 0.6 is 0 Å². The number of hydrogen-bond donors (Lipinski definition) is 2. The van der Waals surface area contributed by atoms with Gasteiger partial charge in [0.25, 0.3) is 5.91 Å². The topological polar surface area (TPSA) is 64.5 Å². The molecule has 0 saturated heterocycles. The van der Waals surface area contributed by atoms with Crippen molar-refractivity contribution in [3.63, 3.8) is 0 Å². The Hall–Kier alpha value is -3.25. The summed E-state index contributed by atoms with van der Waals surface area (Å²) in [5.41, 5.74) is 2.45. The molecule has 27 heavy (non-hydrogen) atoms. The van der Waals surface area contributed by atoms with Crippen molar-refractivity contribution in [3.05, 3.63) is 72.1 Å². The fourth-order valence-electron chi connectivity index (χ4n) is 3.16. The number of ether oxygens (including phenoxy) is 2. The highest BCUT2D eigenvalue weighted by Gasteiger charge is 2.18. The van der Waals surface area contributed by atoms with Crippen molar-refractivity contribution in [2.75, 3.05) is 19.0 Å². The minimum atomic E-state index is -0.106. The second kappa shape index (κ2) is 7.55. The summed E-state index contributed by atoms with van der Waals surface area (Å²) in [5, 5.41) is 6.25. The molecule has 0 aliphatic carbocycles. The minimum Gasteiger partial charge on any atom is -0.493 e. The average Bonchev–Trinajstić information content (AvgIpc) is 3.14. The number of nitrogens with zero attached hydrogens (tertiary/aromatic N) is 1. The molecule has 1 aliphatic rings. The molecule has 0 bridgehead atoms. The van der Waals surface area contributed by atoms with E-state index in [0.29, 0.717) is 29.4 Å². The van der Waals surface area contributed by atoms with Crippen LogP contribution in [-0.4, -0.2) is 24.1 Å². The van der Waals surface area contributed by atoms with Crippen molar-refractivity contribution in [1.29, 1.82) is 0 Å². The number of benzene rings is 2. The summed E-state index contributed by atoms with van der Waals surface area (Å²) in [5.74, 6) is 1.88. The van der Waals surface area contributed by atoms with Gasteiger partial charge in [0, 0.05) is 37.2 Å². The summed E-state index contributed by atoms with van der Waals surface area (Å²) in [6.45, 7) is 2.52. The van der Waals surface area contributed by atoms with E-state index in [4.69, 9.17) is 9.47 Å². The molecule has 0 saturated carbocycles. The van der Waals surface area contributed by atoms with Gasteiger partial charge in [0.15, 0.2) is 11.5 Å². The van der Waals surface area contributed by atoms with Gasteiger partial charge in [-0.05, 0) is 42.5 Å². The number of anilines is 1. The minimum absolute atomic E-state index is 0.106. The van der Waals surface area contributed by atoms with Crippen molar-refractivity contribution in [2.45, 2.75) is 13.1 Å². The molecule has 2 heterocycles. The highest BCUT2D eigenvalue weighted by Crippen LogP contribution is 2.31. The molecule has 1 amide bonds. The Morgan fingerprint density at radius 3 is 2.63 bits per heavy atom. The summed E-state index contributed by atoms with van der Waals surface area (Å²) in [4.78, 5) is 12.6. The van der Waals surface area contributed by atoms with E-state index >= 15 is 0 Å². The molecular weight excluding hydrogens is 342 g/mol. The zero-order valence-corrected chi connectivity index (χ0v) is 15.1. The third-order valence-electron chi connectivity index (χ3n) is 4.55. The first-order valence-corrected chi connectivity index (χ1v) is 8.85. The van der Waals surface area contributed by atoms with Gasteiger partial charge in [-0.15, -0.1) is 0 Å². The van der Waals surface area contributed by atoms with Gasteiger partial charge in [-0.25, -0.2) is 0 Å². The molecule has 2 N–H and O–H groups in total. The van der Waals surface area contributed by atoms with E-state index in [1.165, 1.54) is 0 Å². The van der Waals surface area contributed by atoms with Crippen molar-refractivity contribution in [2.24, 2.45) is 0 Å². The number of carbonyl (C=O) groups is 1. The monoisotopic (exact) mass is 363 g/mol. The van der Waals surface area contributed by atoms with Gasteiger partial charge < -0.3 is 24.7 Å². The number of carbonyl (C=O) groups excluding carboxylic acids is 1. The number of aromatic nitrogens is 1. The summed E-state index contributed by atoms with van der Waals surface area (Å²) in [7, 11) is 1.61. The van der Waals surface area contributed by atoms with Crippen molar-refractivity contribution < 1.29 is 14.3 Å². The smallest absolute Gasteiger partial charge is 0.257 e. The van der Waals surface area contributed by atoms with Crippen LogP contribution in [0.15, 0.2) is 60.8 Å². The van der Waals surface area contributed by atoms with Crippen LogP contribution in [0, 0.1) is 0 Å². The first kappa shape index (κ1) is 17.2. The fraction of sp³-hybridized carbons (Fsp3) is 0.190. The molecule has 0 fully saturated rings. The van der Waals surface area contributed by atoms with E-state index in [1.807, 2.05) is 60.8 Å². The number of amides is 1. The zero-order valence-electron chi connectivity index (χ0n) is 15.1. The summed E-state index contributed by atoms with van der Waals surface area (Å²) < 4.78 is 13.3. The Bertz CT molecular complexity index is 948. The Morgan fingerprint density at radius 1 is 1.07 bits per heavy atom. The van der Waals surface area contributed by atoms with E-state index in [2.05, 4.69) is 15.2 Å². The van der Waals surface area contributed by atoms with Gasteiger partial charge in [-0.1, -0.05) is 12.1 Å². The largest absolute Gasteiger partial charge is 0.493 e. The Balaban J connectivity index is 1.45. The third-order valence-corrected chi connectivity index (χ3v) is 4.55. The molecule has 0 unspecified atom stereocenters. The van der Waals surface area contributed by atoms with Gasteiger partial charge >= 0.3 is 0 Å². The number of fused-ring (bicyclic) bond motifs is 1. The lowest BCUT2D eigenvalue weighted by Gasteiger charge is -2.17. The van der Waals surface area contributed by atoms with Crippen LogP contribution in [0.2, 0.25) is 0 Å². The van der Waals surface area contributed by atoms with Crippen molar-refractivity contribution >= 4 is 11.6 Å². The number of rotatable bonds is 5. The van der Waals surface area contributed by atoms with Crippen LogP contribution in [0.3, 0.4) is 0 Å². The molecule has 3 aromatic rings. The molecule has 6 heteroatoms. The van der Waals surface area contributed by atoms with Crippen LogP contribution in [0.5, 0.6) is 17.2 Å². The quantitative estimate of drug-likeness (QED) is 0.726. The third kappa shape index (κ3) is 3.66. The van der Waals surface area contributed by atoms with Crippen molar-refractivity contribution in [1.82, 2.24) is 9.88 Å². The van der Waals surface area contributed by atoms with E-state index in [1.54, 1.807) is 7.11 Å².